The summed E-state index contributed by atoms with van der Waals surface area (Å²) in [5.74, 6) is 2.34. The van der Waals surface area contributed by atoms with Gasteiger partial charge in [-0.05, 0) is 30.2 Å². The zero-order valence-corrected chi connectivity index (χ0v) is 15.2. The fraction of sp³-hybridized carbons (Fsp3) is 0.562. The summed E-state index contributed by atoms with van der Waals surface area (Å²) < 4.78 is 5.03. The third-order valence-corrected chi connectivity index (χ3v) is 3.72. The third kappa shape index (κ3) is 6.22. The number of ether oxygens (including phenoxy) is 1. The van der Waals surface area contributed by atoms with Crippen LogP contribution in [0.15, 0.2) is 35.3 Å². The van der Waals surface area contributed by atoms with Crippen molar-refractivity contribution >= 4 is 29.9 Å². The number of guanidine groups is 1. The second-order valence-corrected chi connectivity index (χ2v) is 5.24. The van der Waals surface area contributed by atoms with Gasteiger partial charge < -0.3 is 15.4 Å². The number of hydrogen-bond acceptors (Lipinski definition) is 2. The normalized spacial score (nSPS) is 20.6. The van der Waals surface area contributed by atoms with Crippen molar-refractivity contribution in [2.45, 2.75) is 18.8 Å². The van der Waals surface area contributed by atoms with Crippen LogP contribution in [0.2, 0.25) is 0 Å². The molecule has 2 N–H and O–H groups in total. The molecular weight excluding hydrogens is 377 g/mol. The molecular formula is C16H26IN3O. The van der Waals surface area contributed by atoms with Crippen LogP contribution < -0.4 is 10.6 Å². The maximum Gasteiger partial charge on any atom is 0.190 e. The molecule has 1 aliphatic carbocycles. The number of nitrogens with zero attached hydrogens (tertiary/aromatic N) is 1. The minimum Gasteiger partial charge on any atom is -0.385 e. The maximum absolute atomic E-state index is 5.03. The average Bonchev–Trinajstić information content (AvgIpc) is 3.27. The Bertz CT molecular complexity index is 425. The molecule has 0 heterocycles. The van der Waals surface area contributed by atoms with Gasteiger partial charge in [0.2, 0.25) is 0 Å². The predicted molar refractivity (Wildman–Crippen MR) is 98.6 cm³/mol. The number of halogens is 1. The summed E-state index contributed by atoms with van der Waals surface area (Å²) in [4.78, 5) is 4.24. The molecule has 0 radical (unpaired) electrons. The summed E-state index contributed by atoms with van der Waals surface area (Å²) in [6, 6.07) is 10.8. The zero-order chi connectivity index (χ0) is 14.2. The molecule has 0 bridgehead atoms. The van der Waals surface area contributed by atoms with Crippen molar-refractivity contribution in [1.82, 2.24) is 10.6 Å². The molecule has 0 spiro atoms. The van der Waals surface area contributed by atoms with Gasteiger partial charge in [0.1, 0.15) is 0 Å². The molecule has 2 rings (SSSR count). The minimum absolute atomic E-state index is 0. The summed E-state index contributed by atoms with van der Waals surface area (Å²) in [6.45, 7) is 2.66. The molecule has 1 aromatic carbocycles. The van der Waals surface area contributed by atoms with Gasteiger partial charge in [-0.25, -0.2) is 0 Å². The SMILES string of the molecule is CN=C(NCCCOC)NCC1CC1c1ccccc1.I. The van der Waals surface area contributed by atoms with Gasteiger partial charge in [0.25, 0.3) is 0 Å². The largest absolute Gasteiger partial charge is 0.385 e. The van der Waals surface area contributed by atoms with Crippen molar-refractivity contribution in [2.75, 3.05) is 33.9 Å². The molecule has 5 heteroatoms. The number of methoxy groups -OCH3 is 1. The average molecular weight is 403 g/mol. The van der Waals surface area contributed by atoms with Gasteiger partial charge >= 0.3 is 0 Å². The van der Waals surface area contributed by atoms with Crippen molar-refractivity contribution in [3.63, 3.8) is 0 Å². The monoisotopic (exact) mass is 403 g/mol. The lowest BCUT2D eigenvalue weighted by Crippen LogP contribution is -2.39. The highest BCUT2D eigenvalue weighted by Crippen LogP contribution is 2.46. The zero-order valence-electron chi connectivity index (χ0n) is 12.8. The summed E-state index contributed by atoms with van der Waals surface area (Å²) in [5, 5.41) is 6.71. The van der Waals surface area contributed by atoms with Gasteiger partial charge in [0.15, 0.2) is 5.96 Å². The maximum atomic E-state index is 5.03. The fourth-order valence-corrected chi connectivity index (χ4v) is 2.45. The smallest absolute Gasteiger partial charge is 0.190 e. The molecule has 1 fully saturated rings. The second kappa shape index (κ2) is 10.00. The predicted octanol–water partition coefficient (Wildman–Crippen LogP) is 2.61. The van der Waals surface area contributed by atoms with Crippen LogP contribution >= 0.6 is 24.0 Å². The van der Waals surface area contributed by atoms with Crippen molar-refractivity contribution in [3.8, 4) is 0 Å². The highest BCUT2D eigenvalue weighted by atomic mass is 127. The number of aliphatic imine (C=N–C) groups is 1. The molecule has 4 nitrogen and oxygen atoms in total. The first-order chi connectivity index (χ1) is 9.85. The molecule has 2 atom stereocenters. The molecule has 0 amide bonds. The Morgan fingerprint density at radius 2 is 2.05 bits per heavy atom. The molecule has 0 aliphatic heterocycles. The summed E-state index contributed by atoms with van der Waals surface area (Å²) >= 11 is 0. The number of hydrogen-bond donors (Lipinski definition) is 2. The van der Waals surface area contributed by atoms with E-state index in [1.165, 1.54) is 12.0 Å². The van der Waals surface area contributed by atoms with E-state index in [1.54, 1.807) is 7.11 Å². The molecule has 0 aromatic heterocycles. The Kier molecular flexibility index (Phi) is 8.68. The highest BCUT2D eigenvalue weighted by Gasteiger charge is 2.37. The molecule has 21 heavy (non-hydrogen) atoms. The fourth-order valence-electron chi connectivity index (χ4n) is 2.45. The Labute approximate surface area is 144 Å². The van der Waals surface area contributed by atoms with Crippen LogP contribution in [0.1, 0.15) is 24.3 Å². The lowest BCUT2D eigenvalue weighted by atomic mass is 10.1. The Balaban J connectivity index is 0.00000220. The molecule has 0 saturated heterocycles. The van der Waals surface area contributed by atoms with Crippen molar-refractivity contribution in [3.05, 3.63) is 35.9 Å². The van der Waals surface area contributed by atoms with E-state index in [1.807, 2.05) is 7.05 Å². The van der Waals surface area contributed by atoms with Gasteiger partial charge in [0.05, 0.1) is 0 Å². The summed E-state index contributed by atoms with van der Waals surface area (Å²) in [7, 11) is 3.54. The van der Waals surface area contributed by atoms with Crippen molar-refractivity contribution in [1.29, 1.82) is 0 Å². The van der Waals surface area contributed by atoms with E-state index in [2.05, 4.69) is 46.0 Å². The van der Waals surface area contributed by atoms with E-state index in [0.29, 0.717) is 0 Å². The van der Waals surface area contributed by atoms with Crippen LogP contribution in [-0.2, 0) is 4.74 Å². The second-order valence-electron chi connectivity index (χ2n) is 5.24. The number of nitrogens with one attached hydrogen (secondary N) is 2. The molecule has 1 aliphatic rings. The quantitative estimate of drug-likeness (QED) is 0.319. The van der Waals surface area contributed by atoms with Crippen LogP contribution in [0.25, 0.3) is 0 Å². The van der Waals surface area contributed by atoms with E-state index in [0.717, 1.165) is 43.9 Å². The van der Waals surface area contributed by atoms with Gasteiger partial charge in [-0.1, -0.05) is 30.3 Å². The minimum atomic E-state index is 0. The van der Waals surface area contributed by atoms with Crippen LogP contribution in [0, 0.1) is 5.92 Å². The van der Waals surface area contributed by atoms with Gasteiger partial charge in [-0.3, -0.25) is 4.99 Å². The summed E-state index contributed by atoms with van der Waals surface area (Å²) in [6.07, 6.45) is 2.27. The first-order valence-electron chi connectivity index (χ1n) is 7.33. The molecule has 1 saturated carbocycles. The van der Waals surface area contributed by atoms with Crippen molar-refractivity contribution in [2.24, 2.45) is 10.9 Å². The van der Waals surface area contributed by atoms with Gasteiger partial charge in [-0.2, -0.15) is 0 Å². The van der Waals surface area contributed by atoms with Crippen LogP contribution in [0.4, 0.5) is 0 Å². The van der Waals surface area contributed by atoms with E-state index in [4.69, 9.17) is 4.74 Å². The van der Waals surface area contributed by atoms with Crippen LogP contribution in [0.3, 0.4) is 0 Å². The van der Waals surface area contributed by atoms with Crippen molar-refractivity contribution < 1.29 is 4.74 Å². The number of benzene rings is 1. The van der Waals surface area contributed by atoms with E-state index < -0.39 is 0 Å². The van der Waals surface area contributed by atoms with Crippen LogP contribution in [-0.4, -0.2) is 39.8 Å². The molecule has 118 valence electrons. The van der Waals surface area contributed by atoms with E-state index in [9.17, 15) is 0 Å². The molecule has 1 aromatic rings. The lowest BCUT2D eigenvalue weighted by Gasteiger charge is -2.11. The standard InChI is InChI=1S/C16H25N3O.HI/c1-17-16(18-9-6-10-20-2)19-12-14-11-15(14)13-7-4-3-5-8-13;/h3-5,7-8,14-15H,6,9-12H2,1-2H3,(H2,17,18,19);1H. The van der Waals surface area contributed by atoms with E-state index >= 15 is 0 Å². The Morgan fingerprint density at radius 1 is 1.29 bits per heavy atom. The third-order valence-electron chi connectivity index (χ3n) is 3.72. The van der Waals surface area contributed by atoms with Crippen LogP contribution in [0.5, 0.6) is 0 Å². The number of rotatable bonds is 7. The Morgan fingerprint density at radius 3 is 2.71 bits per heavy atom. The highest BCUT2D eigenvalue weighted by molar-refractivity contribution is 14.0. The Hall–Kier alpha value is -0.820. The topological polar surface area (TPSA) is 45.7 Å². The lowest BCUT2D eigenvalue weighted by molar-refractivity contribution is 0.195. The summed E-state index contributed by atoms with van der Waals surface area (Å²) in [5.41, 5.74) is 1.46. The van der Waals surface area contributed by atoms with E-state index in [-0.39, 0.29) is 24.0 Å². The molecule has 2 unspecified atom stereocenters. The first kappa shape index (κ1) is 18.2. The van der Waals surface area contributed by atoms with Gasteiger partial charge in [-0.15, -0.1) is 24.0 Å². The van der Waals surface area contributed by atoms with Gasteiger partial charge in [0, 0.05) is 33.9 Å². The first-order valence-corrected chi connectivity index (χ1v) is 7.33.